The summed E-state index contributed by atoms with van der Waals surface area (Å²) in [4.78, 5) is 3.97. The monoisotopic (exact) mass is 330 g/mol. The van der Waals surface area contributed by atoms with Crippen molar-refractivity contribution in [1.29, 1.82) is 0 Å². The maximum absolute atomic E-state index is 5.94. The molecule has 1 aliphatic carbocycles. The van der Waals surface area contributed by atoms with Crippen molar-refractivity contribution >= 4 is 27.3 Å². The van der Waals surface area contributed by atoms with Gasteiger partial charge in [0.2, 0.25) is 0 Å². The Kier molecular flexibility index (Phi) is 5.24. The van der Waals surface area contributed by atoms with Crippen LogP contribution in [0.4, 0.5) is 0 Å². The smallest absolute Gasteiger partial charge is 0.0413 e. The van der Waals surface area contributed by atoms with Gasteiger partial charge >= 0.3 is 0 Å². The van der Waals surface area contributed by atoms with E-state index < -0.39 is 0 Å². The minimum Gasteiger partial charge on any atom is -0.330 e. The minimum absolute atomic E-state index is 0.485. The van der Waals surface area contributed by atoms with Crippen LogP contribution < -0.4 is 5.73 Å². The number of hydrogen-bond donors (Lipinski definition) is 1. The predicted octanol–water partition coefficient (Wildman–Crippen LogP) is 4.02. The highest BCUT2D eigenvalue weighted by molar-refractivity contribution is 9.10. The molecule has 2 nitrogen and oxygen atoms in total. The first kappa shape index (κ1) is 14.5. The fourth-order valence-electron chi connectivity index (χ4n) is 3.03. The Labute approximate surface area is 123 Å². The van der Waals surface area contributed by atoms with E-state index in [1.807, 2.05) is 11.3 Å². The molecule has 0 aliphatic heterocycles. The van der Waals surface area contributed by atoms with E-state index in [0.717, 1.165) is 6.54 Å². The van der Waals surface area contributed by atoms with Gasteiger partial charge in [-0.3, -0.25) is 4.90 Å². The van der Waals surface area contributed by atoms with E-state index in [0.29, 0.717) is 18.0 Å². The van der Waals surface area contributed by atoms with E-state index in [4.69, 9.17) is 5.73 Å². The number of halogens is 1. The van der Waals surface area contributed by atoms with Gasteiger partial charge in [-0.2, -0.15) is 0 Å². The van der Waals surface area contributed by atoms with Crippen LogP contribution in [0.25, 0.3) is 0 Å². The maximum Gasteiger partial charge on any atom is 0.0413 e. The van der Waals surface area contributed by atoms with E-state index in [1.165, 1.54) is 35.0 Å². The zero-order chi connectivity index (χ0) is 13.1. The lowest BCUT2D eigenvalue weighted by Gasteiger charge is -2.40. The van der Waals surface area contributed by atoms with Gasteiger partial charge in [0.1, 0.15) is 0 Å². The summed E-state index contributed by atoms with van der Waals surface area (Å²) in [6, 6.07) is 3.38. The molecule has 0 amide bonds. The summed E-state index contributed by atoms with van der Waals surface area (Å²) >= 11 is 5.38. The SMILES string of the molecule is CC(c1cc(Br)cs1)N(C)C1CCCCC1CN. The quantitative estimate of drug-likeness (QED) is 0.903. The van der Waals surface area contributed by atoms with Crippen LogP contribution in [0.15, 0.2) is 15.9 Å². The molecule has 18 heavy (non-hydrogen) atoms. The van der Waals surface area contributed by atoms with Crippen LogP contribution >= 0.6 is 27.3 Å². The van der Waals surface area contributed by atoms with E-state index in [-0.39, 0.29) is 0 Å². The molecular formula is C14H23BrN2S. The molecule has 4 heteroatoms. The van der Waals surface area contributed by atoms with E-state index in [2.05, 4.69) is 46.2 Å². The molecule has 3 unspecified atom stereocenters. The van der Waals surface area contributed by atoms with Crippen molar-refractivity contribution in [1.82, 2.24) is 4.90 Å². The molecule has 0 aromatic carbocycles. The molecule has 1 fully saturated rings. The van der Waals surface area contributed by atoms with Crippen LogP contribution in [0, 0.1) is 5.92 Å². The second-order valence-electron chi connectivity index (χ2n) is 5.36. The lowest BCUT2D eigenvalue weighted by molar-refractivity contribution is 0.100. The molecule has 0 bridgehead atoms. The Hall–Kier alpha value is 0.1000. The largest absolute Gasteiger partial charge is 0.330 e. The first-order valence-corrected chi connectivity index (χ1v) is 8.46. The highest BCUT2D eigenvalue weighted by atomic mass is 79.9. The van der Waals surface area contributed by atoms with Gasteiger partial charge in [-0.05, 0) is 61.3 Å². The molecule has 1 aromatic rings. The lowest BCUT2D eigenvalue weighted by Crippen LogP contribution is -2.43. The van der Waals surface area contributed by atoms with Gasteiger partial charge in [0, 0.05) is 26.8 Å². The van der Waals surface area contributed by atoms with Crippen molar-refractivity contribution in [3.8, 4) is 0 Å². The van der Waals surface area contributed by atoms with Gasteiger partial charge in [0.15, 0.2) is 0 Å². The third kappa shape index (κ3) is 3.16. The Balaban J connectivity index is 2.07. The minimum atomic E-state index is 0.485. The van der Waals surface area contributed by atoms with Crippen molar-refractivity contribution in [2.45, 2.75) is 44.7 Å². The van der Waals surface area contributed by atoms with Gasteiger partial charge in [-0.1, -0.05) is 12.8 Å². The Morgan fingerprint density at radius 1 is 1.50 bits per heavy atom. The van der Waals surface area contributed by atoms with Gasteiger partial charge in [0.05, 0.1) is 0 Å². The van der Waals surface area contributed by atoms with E-state index in [9.17, 15) is 0 Å². The fourth-order valence-corrected chi connectivity index (χ4v) is 4.59. The molecule has 1 saturated carbocycles. The van der Waals surface area contributed by atoms with E-state index >= 15 is 0 Å². The Bertz CT molecular complexity index is 380. The van der Waals surface area contributed by atoms with Crippen LogP contribution in [0.2, 0.25) is 0 Å². The third-order valence-electron chi connectivity index (χ3n) is 4.31. The lowest BCUT2D eigenvalue weighted by atomic mass is 9.83. The number of nitrogens with two attached hydrogens (primary N) is 1. The zero-order valence-corrected chi connectivity index (χ0v) is 13.6. The Morgan fingerprint density at radius 3 is 2.83 bits per heavy atom. The van der Waals surface area contributed by atoms with Crippen LogP contribution in [0.5, 0.6) is 0 Å². The van der Waals surface area contributed by atoms with Gasteiger partial charge in [-0.25, -0.2) is 0 Å². The fraction of sp³-hybridized carbons (Fsp3) is 0.714. The van der Waals surface area contributed by atoms with Crippen molar-refractivity contribution < 1.29 is 0 Å². The number of hydrogen-bond acceptors (Lipinski definition) is 3. The summed E-state index contributed by atoms with van der Waals surface area (Å²) in [6.45, 7) is 3.14. The van der Waals surface area contributed by atoms with Crippen LogP contribution in [-0.4, -0.2) is 24.5 Å². The second kappa shape index (κ2) is 6.51. The van der Waals surface area contributed by atoms with Crippen molar-refractivity contribution in [3.63, 3.8) is 0 Å². The topological polar surface area (TPSA) is 29.3 Å². The molecular weight excluding hydrogens is 308 g/mol. The first-order valence-electron chi connectivity index (χ1n) is 6.79. The summed E-state index contributed by atoms with van der Waals surface area (Å²) in [5.74, 6) is 0.676. The van der Waals surface area contributed by atoms with Crippen molar-refractivity contribution in [3.05, 3.63) is 20.8 Å². The third-order valence-corrected chi connectivity index (χ3v) is 6.17. The molecule has 3 atom stereocenters. The Morgan fingerprint density at radius 2 is 2.22 bits per heavy atom. The molecule has 0 spiro atoms. The highest BCUT2D eigenvalue weighted by Crippen LogP contribution is 2.34. The van der Waals surface area contributed by atoms with Crippen LogP contribution in [0.3, 0.4) is 0 Å². The summed E-state index contributed by atoms with van der Waals surface area (Å²) in [5.41, 5.74) is 5.94. The van der Waals surface area contributed by atoms with Gasteiger partial charge in [0.25, 0.3) is 0 Å². The molecule has 2 rings (SSSR count). The average Bonchev–Trinajstić information content (AvgIpc) is 2.83. The molecule has 1 aliphatic rings. The zero-order valence-electron chi connectivity index (χ0n) is 11.2. The molecule has 1 aromatic heterocycles. The molecule has 2 N–H and O–H groups in total. The summed E-state index contributed by atoms with van der Waals surface area (Å²) in [6.07, 6.45) is 5.30. The van der Waals surface area contributed by atoms with Crippen molar-refractivity contribution in [2.75, 3.05) is 13.6 Å². The van der Waals surface area contributed by atoms with E-state index in [1.54, 1.807) is 0 Å². The van der Waals surface area contributed by atoms with Gasteiger partial charge < -0.3 is 5.73 Å². The summed E-state index contributed by atoms with van der Waals surface area (Å²) in [5, 5.41) is 2.17. The first-order chi connectivity index (χ1) is 8.63. The molecule has 1 heterocycles. The average molecular weight is 331 g/mol. The van der Waals surface area contributed by atoms with Gasteiger partial charge in [-0.15, -0.1) is 11.3 Å². The normalized spacial score (nSPS) is 26.5. The summed E-state index contributed by atoms with van der Waals surface area (Å²) in [7, 11) is 2.26. The molecule has 0 saturated heterocycles. The standard InChI is InChI=1S/C14H23BrN2S/c1-10(14-7-12(15)9-18-14)17(2)13-6-4-3-5-11(13)8-16/h7,9-11,13H,3-6,8,16H2,1-2H3. The predicted molar refractivity (Wildman–Crippen MR) is 83.0 cm³/mol. The second-order valence-corrected chi connectivity index (χ2v) is 7.21. The molecule has 0 radical (unpaired) electrons. The highest BCUT2D eigenvalue weighted by Gasteiger charge is 2.30. The summed E-state index contributed by atoms with van der Waals surface area (Å²) < 4.78 is 1.20. The van der Waals surface area contributed by atoms with Crippen molar-refractivity contribution in [2.24, 2.45) is 11.7 Å². The number of rotatable bonds is 4. The maximum atomic E-state index is 5.94. The number of thiophene rings is 1. The molecule has 102 valence electrons. The number of nitrogens with zero attached hydrogens (tertiary/aromatic N) is 1. The van der Waals surface area contributed by atoms with Crippen LogP contribution in [-0.2, 0) is 0 Å². The van der Waals surface area contributed by atoms with Crippen LogP contribution in [0.1, 0.15) is 43.5 Å².